The Balaban J connectivity index is 2.60. The molecule has 0 aliphatic heterocycles. The minimum absolute atomic E-state index is 0.0388. The molecule has 2 aromatic rings. The number of hydrogen-bond acceptors (Lipinski definition) is 5. The van der Waals surface area contributed by atoms with Crippen molar-refractivity contribution in [1.29, 1.82) is 0 Å². The van der Waals surface area contributed by atoms with Crippen LogP contribution in [-0.2, 0) is 4.74 Å². The number of para-hydroxylation sites is 1. The summed E-state index contributed by atoms with van der Waals surface area (Å²) in [5, 5.41) is 10.3. The molecule has 3 N–H and O–H groups in total. The molecule has 21 heavy (non-hydrogen) atoms. The van der Waals surface area contributed by atoms with E-state index in [2.05, 4.69) is 4.98 Å². The Hall–Kier alpha value is -1.76. The lowest BCUT2D eigenvalue weighted by Crippen LogP contribution is -2.32. The second kappa shape index (κ2) is 7.31. The summed E-state index contributed by atoms with van der Waals surface area (Å²) in [6.07, 6.45) is 1.69. The molecule has 0 saturated heterocycles. The molecule has 0 spiro atoms. The van der Waals surface area contributed by atoms with Crippen molar-refractivity contribution in [2.45, 2.75) is 0 Å². The highest BCUT2D eigenvalue weighted by molar-refractivity contribution is 7.80. The highest BCUT2D eigenvalue weighted by Gasteiger charge is 2.17. The standard InChI is InChI=1S/C15H19N3O2S/c1-20-9-7-18(6-8-19)14-11-4-2-3-5-13(11)17-10-12(14)15(16)21/h2-5,10,19H,6-9H2,1H3,(H2,16,21). The monoisotopic (exact) mass is 305 g/mol. The molecule has 0 saturated carbocycles. The van der Waals surface area contributed by atoms with E-state index in [1.807, 2.05) is 29.2 Å². The molecule has 6 heteroatoms. The third kappa shape index (κ3) is 3.47. The number of fused-ring (bicyclic) bond motifs is 1. The fraction of sp³-hybridized carbons (Fsp3) is 0.333. The number of rotatable bonds is 7. The van der Waals surface area contributed by atoms with Crippen molar-refractivity contribution in [3.8, 4) is 0 Å². The Morgan fingerprint density at radius 2 is 2.14 bits per heavy atom. The van der Waals surface area contributed by atoms with Crippen LogP contribution in [0.4, 0.5) is 5.69 Å². The average molecular weight is 305 g/mol. The Morgan fingerprint density at radius 3 is 2.81 bits per heavy atom. The minimum atomic E-state index is 0.0388. The van der Waals surface area contributed by atoms with Crippen LogP contribution in [-0.4, -0.2) is 48.5 Å². The smallest absolute Gasteiger partial charge is 0.107 e. The molecule has 112 valence electrons. The Morgan fingerprint density at radius 1 is 1.38 bits per heavy atom. The third-order valence-corrected chi connectivity index (χ3v) is 3.48. The molecule has 2 rings (SSSR count). The maximum atomic E-state index is 9.34. The number of pyridine rings is 1. The molecule has 1 heterocycles. The topological polar surface area (TPSA) is 71.6 Å². The van der Waals surface area contributed by atoms with Crippen molar-refractivity contribution in [3.63, 3.8) is 0 Å². The number of benzene rings is 1. The lowest BCUT2D eigenvalue weighted by atomic mass is 10.1. The van der Waals surface area contributed by atoms with Crippen LogP contribution in [0.2, 0.25) is 0 Å². The van der Waals surface area contributed by atoms with Gasteiger partial charge < -0.3 is 20.5 Å². The van der Waals surface area contributed by atoms with Crippen molar-refractivity contribution < 1.29 is 9.84 Å². The first kappa shape index (κ1) is 15.6. The lowest BCUT2D eigenvalue weighted by molar-refractivity contribution is 0.203. The number of aromatic nitrogens is 1. The highest BCUT2D eigenvalue weighted by Crippen LogP contribution is 2.29. The quantitative estimate of drug-likeness (QED) is 0.752. The molecular weight excluding hydrogens is 286 g/mol. The summed E-state index contributed by atoms with van der Waals surface area (Å²) in [6.45, 7) is 1.71. The maximum absolute atomic E-state index is 9.34. The van der Waals surface area contributed by atoms with Gasteiger partial charge in [0.05, 0.1) is 30.0 Å². The van der Waals surface area contributed by atoms with Crippen molar-refractivity contribution in [2.24, 2.45) is 5.73 Å². The molecule has 0 amide bonds. The number of anilines is 1. The second-order valence-corrected chi connectivity index (χ2v) is 5.05. The summed E-state index contributed by atoms with van der Waals surface area (Å²) in [6, 6.07) is 7.81. The fourth-order valence-electron chi connectivity index (χ4n) is 2.31. The van der Waals surface area contributed by atoms with Crippen molar-refractivity contribution in [3.05, 3.63) is 36.0 Å². The summed E-state index contributed by atoms with van der Waals surface area (Å²) >= 11 is 5.15. The fourth-order valence-corrected chi connectivity index (χ4v) is 2.45. The van der Waals surface area contributed by atoms with Crippen LogP contribution in [0.3, 0.4) is 0 Å². The molecule has 0 aliphatic rings. The van der Waals surface area contributed by atoms with Crippen LogP contribution in [0.15, 0.2) is 30.5 Å². The number of nitrogens with two attached hydrogens (primary N) is 1. The number of hydrogen-bond donors (Lipinski definition) is 2. The number of aliphatic hydroxyl groups is 1. The molecule has 0 fully saturated rings. The van der Waals surface area contributed by atoms with Gasteiger partial charge >= 0.3 is 0 Å². The Bertz CT molecular complexity index is 633. The number of methoxy groups -OCH3 is 1. The van der Waals surface area contributed by atoms with Gasteiger partial charge in [0.15, 0.2) is 0 Å². The maximum Gasteiger partial charge on any atom is 0.107 e. The van der Waals surface area contributed by atoms with Gasteiger partial charge in [-0.05, 0) is 6.07 Å². The van der Waals surface area contributed by atoms with Crippen LogP contribution in [0.25, 0.3) is 10.9 Å². The van der Waals surface area contributed by atoms with E-state index < -0.39 is 0 Å². The minimum Gasteiger partial charge on any atom is -0.395 e. The van der Waals surface area contributed by atoms with Gasteiger partial charge in [-0.3, -0.25) is 4.98 Å². The van der Waals surface area contributed by atoms with Gasteiger partial charge in [0.2, 0.25) is 0 Å². The van der Waals surface area contributed by atoms with Crippen LogP contribution in [0.5, 0.6) is 0 Å². The first-order chi connectivity index (χ1) is 10.2. The van der Waals surface area contributed by atoms with Gasteiger partial charge in [0, 0.05) is 31.8 Å². The van der Waals surface area contributed by atoms with Gasteiger partial charge in [-0.25, -0.2) is 0 Å². The first-order valence-electron chi connectivity index (χ1n) is 6.71. The highest BCUT2D eigenvalue weighted by atomic mass is 32.1. The molecule has 0 radical (unpaired) electrons. The summed E-state index contributed by atoms with van der Waals surface area (Å²) in [4.78, 5) is 6.72. The number of aliphatic hydroxyl groups excluding tert-OH is 1. The Labute approximate surface area is 129 Å². The third-order valence-electron chi connectivity index (χ3n) is 3.26. The zero-order chi connectivity index (χ0) is 15.2. The molecule has 0 unspecified atom stereocenters. The van der Waals surface area contributed by atoms with E-state index in [0.29, 0.717) is 30.2 Å². The summed E-state index contributed by atoms with van der Waals surface area (Å²) in [5.74, 6) is 0. The van der Waals surface area contributed by atoms with Gasteiger partial charge in [0.25, 0.3) is 0 Å². The SMILES string of the molecule is COCCN(CCO)c1c(C(N)=S)cnc2ccccc12. The van der Waals surface area contributed by atoms with Crippen molar-refractivity contribution >= 4 is 33.8 Å². The molecule has 0 bridgehead atoms. The predicted molar refractivity (Wildman–Crippen MR) is 88.8 cm³/mol. The second-order valence-electron chi connectivity index (χ2n) is 4.61. The summed E-state index contributed by atoms with van der Waals surface area (Å²) in [7, 11) is 1.65. The molecule has 1 aromatic carbocycles. The summed E-state index contributed by atoms with van der Waals surface area (Å²) in [5.41, 5.74) is 8.33. The van der Waals surface area contributed by atoms with Gasteiger partial charge in [-0.1, -0.05) is 30.4 Å². The molecule has 1 aromatic heterocycles. The molecule has 0 aliphatic carbocycles. The zero-order valence-corrected chi connectivity index (χ0v) is 12.8. The molecular formula is C15H19N3O2S. The van der Waals surface area contributed by atoms with E-state index in [1.54, 1.807) is 13.3 Å². The average Bonchev–Trinajstić information content (AvgIpc) is 2.50. The Kier molecular flexibility index (Phi) is 5.44. The van der Waals surface area contributed by atoms with Gasteiger partial charge in [0.1, 0.15) is 4.99 Å². The van der Waals surface area contributed by atoms with Crippen LogP contribution in [0.1, 0.15) is 5.56 Å². The van der Waals surface area contributed by atoms with Crippen molar-refractivity contribution in [1.82, 2.24) is 4.98 Å². The number of ether oxygens (including phenoxy) is 1. The van der Waals surface area contributed by atoms with E-state index in [0.717, 1.165) is 16.6 Å². The largest absolute Gasteiger partial charge is 0.395 e. The van der Waals surface area contributed by atoms with Crippen molar-refractivity contribution in [2.75, 3.05) is 38.3 Å². The van der Waals surface area contributed by atoms with E-state index in [-0.39, 0.29) is 6.61 Å². The van der Waals surface area contributed by atoms with Gasteiger partial charge in [-0.15, -0.1) is 0 Å². The van der Waals surface area contributed by atoms with Crippen LogP contribution >= 0.6 is 12.2 Å². The number of nitrogens with zero attached hydrogens (tertiary/aromatic N) is 2. The van der Waals surface area contributed by atoms with Gasteiger partial charge in [-0.2, -0.15) is 0 Å². The van der Waals surface area contributed by atoms with E-state index in [9.17, 15) is 5.11 Å². The first-order valence-corrected chi connectivity index (χ1v) is 7.12. The zero-order valence-electron chi connectivity index (χ0n) is 12.0. The normalized spacial score (nSPS) is 10.8. The van der Waals surface area contributed by atoms with E-state index in [1.165, 1.54) is 0 Å². The van der Waals surface area contributed by atoms with E-state index >= 15 is 0 Å². The molecule has 5 nitrogen and oxygen atoms in total. The van der Waals surface area contributed by atoms with E-state index in [4.69, 9.17) is 22.7 Å². The lowest BCUT2D eigenvalue weighted by Gasteiger charge is -2.27. The summed E-state index contributed by atoms with van der Waals surface area (Å²) < 4.78 is 5.15. The van der Waals surface area contributed by atoms with Crippen LogP contribution in [0, 0.1) is 0 Å². The predicted octanol–water partition coefficient (Wildman–Crippen LogP) is 1.31. The number of thiocarbonyl (C=S) groups is 1. The molecule has 0 atom stereocenters. The van der Waals surface area contributed by atoms with Crippen LogP contribution < -0.4 is 10.6 Å².